The minimum absolute atomic E-state index is 0.136. The molecule has 33 heavy (non-hydrogen) atoms. The van der Waals surface area contributed by atoms with Gasteiger partial charge in [0.15, 0.2) is 0 Å². The first-order valence-electron chi connectivity index (χ1n) is 11.1. The Kier molecular flexibility index (Phi) is 5.87. The fourth-order valence-electron chi connectivity index (χ4n) is 4.12. The van der Waals surface area contributed by atoms with Gasteiger partial charge in [0.2, 0.25) is 0 Å². The lowest BCUT2D eigenvalue weighted by atomic mass is 9.95. The molecule has 0 aliphatic heterocycles. The van der Waals surface area contributed by atoms with Crippen molar-refractivity contribution in [3.05, 3.63) is 103 Å². The van der Waals surface area contributed by atoms with Gasteiger partial charge in [0.05, 0.1) is 17.4 Å². The van der Waals surface area contributed by atoms with E-state index in [2.05, 4.69) is 75.8 Å². The molecule has 2 heterocycles. The van der Waals surface area contributed by atoms with Crippen molar-refractivity contribution >= 4 is 10.9 Å². The molecule has 0 unspecified atom stereocenters. The molecule has 2 aromatic heterocycles. The van der Waals surface area contributed by atoms with Crippen LogP contribution in [0.5, 0.6) is 5.75 Å². The molecule has 3 aromatic carbocycles. The van der Waals surface area contributed by atoms with Crippen molar-refractivity contribution in [1.29, 1.82) is 0 Å². The Balaban J connectivity index is 1.28. The lowest BCUT2D eigenvalue weighted by molar-refractivity contribution is 0.287. The van der Waals surface area contributed by atoms with E-state index in [4.69, 9.17) is 10.5 Å². The van der Waals surface area contributed by atoms with Crippen molar-refractivity contribution in [3.63, 3.8) is 0 Å². The van der Waals surface area contributed by atoms with Crippen molar-refractivity contribution in [1.82, 2.24) is 15.2 Å². The predicted octanol–water partition coefficient (Wildman–Crippen LogP) is 5.55. The van der Waals surface area contributed by atoms with E-state index in [1.807, 2.05) is 31.3 Å². The molecule has 5 aromatic rings. The number of H-pyrrole nitrogens is 1. The molecular formula is C28H26N4O. The molecule has 0 radical (unpaired) electrons. The van der Waals surface area contributed by atoms with Crippen LogP contribution in [0.2, 0.25) is 0 Å². The first-order valence-corrected chi connectivity index (χ1v) is 11.1. The summed E-state index contributed by atoms with van der Waals surface area (Å²) < 4.78 is 6.04. The molecule has 5 rings (SSSR count). The minimum Gasteiger partial charge on any atom is -0.490 e. The number of aromatic amines is 1. The molecule has 0 fully saturated rings. The summed E-state index contributed by atoms with van der Waals surface area (Å²) in [5.41, 5.74) is 14.2. The molecule has 0 aliphatic carbocycles. The summed E-state index contributed by atoms with van der Waals surface area (Å²) in [6.45, 7) is 2.41. The van der Waals surface area contributed by atoms with Gasteiger partial charge in [-0.05, 0) is 53.8 Å². The lowest BCUT2D eigenvalue weighted by Crippen LogP contribution is -2.30. The number of nitrogens with two attached hydrogens (primary N) is 1. The highest BCUT2D eigenvalue weighted by atomic mass is 16.5. The maximum Gasteiger partial charge on any atom is 0.138 e. The van der Waals surface area contributed by atoms with E-state index >= 15 is 0 Å². The Hall–Kier alpha value is -3.96. The molecule has 1 atom stereocenters. The zero-order chi connectivity index (χ0) is 22.6. The van der Waals surface area contributed by atoms with E-state index in [0.29, 0.717) is 12.4 Å². The van der Waals surface area contributed by atoms with Gasteiger partial charge in [-0.1, -0.05) is 60.7 Å². The third kappa shape index (κ3) is 4.64. The lowest BCUT2D eigenvalue weighted by Gasteiger charge is -2.16. The van der Waals surface area contributed by atoms with E-state index in [-0.39, 0.29) is 6.04 Å². The van der Waals surface area contributed by atoms with Crippen LogP contribution in [0.3, 0.4) is 0 Å². The maximum absolute atomic E-state index is 6.46. The summed E-state index contributed by atoms with van der Waals surface area (Å²) in [6.07, 6.45) is 4.31. The Morgan fingerprint density at radius 2 is 1.70 bits per heavy atom. The van der Waals surface area contributed by atoms with Crippen LogP contribution in [0.25, 0.3) is 33.2 Å². The van der Waals surface area contributed by atoms with Crippen molar-refractivity contribution in [3.8, 4) is 28.0 Å². The number of aryl methyl sites for hydroxylation is 1. The average Bonchev–Trinajstić information content (AvgIpc) is 3.24. The highest BCUT2D eigenvalue weighted by Crippen LogP contribution is 2.27. The van der Waals surface area contributed by atoms with Gasteiger partial charge in [0.25, 0.3) is 0 Å². The van der Waals surface area contributed by atoms with Crippen LogP contribution in [0.15, 0.2) is 91.3 Å². The third-order valence-corrected chi connectivity index (χ3v) is 5.85. The Labute approximate surface area is 193 Å². The molecule has 5 heteroatoms. The van der Waals surface area contributed by atoms with Crippen molar-refractivity contribution < 1.29 is 4.74 Å². The van der Waals surface area contributed by atoms with Gasteiger partial charge in [-0.3, -0.25) is 10.1 Å². The summed E-state index contributed by atoms with van der Waals surface area (Å²) >= 11 is 0. The Morgan fingerprint density at radius 3 is 2.58 bits per heavy atom. The summed E-state index contributed by atoms with van der Waals surface area (Å²) in [6, 6.07) is 26.9. The first kappa shape index (κ1) is 20.9. The number of benzene rings is 3. The number of pyridine rings is 1. The molecule has 0 saturated carbocycles. The molecule has 0 bridgehead atoms. The van der Waals surface area contributed by atoms with E-state index in [1.54, 1.807) is 6.20 Å². The molecule has 0 amide bonds. The van der Waals surface area contributed by atoms with Crippen LogP contribution in [-0.2, 0) is 6.42 Å². The third-order valence-electron chi connectivity index (χ3n) is 5.85. The Morgan fingerprint density at radius 1 is 0.879 bits per heavy atom. The van der Waals surface area contributed by atoms with Gasteiger partial charge < -0.3 is 10.5 Å². The second kappa shape index (κ2) is 9.27. The van der Waals surface area contributed by atoms with Crippen LogP contribution in [0, 0.1) is 6.92 Å². The maximum atomic E-state index is 6.46. The smallest absolute Gasteiger partial charge is 0.138 e. The number of hydrogen-bond acceptors (Lipinski definition) is 4. The van der Waals surface area contributed by atoms with Crippen molar-refractivity contribution in [2.75, 3.05) is 6.61 Å². The topological polar surface area (TPSA) is 76.8 Å². The molecule has 5 nitrogen and oxygen atoms in total. The van der Waals surface area contributed by atoms with Gasteiger partial charge in [0, 0.05) is 23.2 Å². The first-order chi connectivity index (χ1) is 16.2. The predicted molar refractivity (Wildman–Crippen MR) is 133 cm³/mol. The molecule has 0 spiro atoms. The van der Waals surface area contributed by atoms with E-state index in [1.165, 1.54) is 16.7 Å². The summed E-state index contributed by atoms with van der Waals surface area (Å²) in [7, 11) is 0. The van der Waals surface area contributed by atoms with Gasteiger partial charge in [-0.15, -0.1) is 0 Å². The summed E-state index contributed by atoms with van der Waals surface area (Å²) in [4.78, 5) is 4.38. The van der Waals surface area contributed by atoms with E-state index in [9.17, 15) is 0 Å². The van der Waals surface area contributed by atoms with E-state index in [0.717, 1.165) is 34.1 Å². The number of fused-ring (bicyclic) bond motifs is 1. The zero-order valence-electron chi connectivity index (χ0n) is 18.5. The number of ether oxygens (including phenoxy) is 1. The molecule has 3 N–H and O–H groups in total. The normalized spacial score (nSPS) is 12.1. The van der Waals surface area contributed by atoms with Gasteiger partial charge in [0.1, 0.15) is 12.4 Å². The average molecular weight is 435 g/mol. The second-order valence-corrected chi connectivity index (χ2v) is 8.28. The van der Waals surface area contributed by atoms with Gasteiger partial charge in [-0.25, -0.2) is 0 Å². The summed E-state index contributed by atoms with van der Waals surface area (Å²) in [5, 5.41) is 8.43. The zero-order valence-corrected chi connectivity index (χ0v) is 18.5. The number of hydrogen-bond donors (Lipinski definition) is 2. The molecular weight excluding hydrogens is 408 g/mol. The van der Waals surface area contributed by atoms with Crippen LogP contribution in [0.1, 0.15) is 11.3 Å². The highest BCUT2D eigenvalue weighted by molar-refractivity contribution is 5.86. The fourth-order valence-corrected chi connectivity index (χ4v) is 4.12. The Bertz CT molecular complexity index is 1380. The minimum atomic E-state index is -0.136. The second-order valence-electron chi connectivity index (χ2n) is 8.28. The number of rotatable bonds is 7. The van der Waals surface area contributed by atoms with Crippen LogP contribution < -0.4 is 10.5 Å². The number of nitrogens with zero attached hydrogens (tertiary/aromatic N) is 2. The fraction of sp³-hybridized carbons (Fsp3) is 0.143. The summed E-state index contributed by atoms with van der Waals surface area (Å²) in [5.74, 6) is 0.711. The van der Waals surface area contributed by atoms with E-state index < -0.39 is 0 Å². The van der Waals surface area contributed by atoms with Crippen LogP contribution in [-0.4, -0.2) is 27.8 Å². The van der Waals surface area contributed by atoms with Crippen LogP contribution >= 0.6 is 0 Å². The van der Waals surface area contributed by atoms with Crippen LogP contribution in [0.4, 0.5) is 0 Å². The molecule has 0 aliphatic rings. The quantitative estimate of drug-likeness (QED) is 0.352. The number of nitrogens with one attached hydrogen (secondary N) is 1. The van der Waals surface area contributed by atoms with Gasteiger partial charge >= 0.3 is 0 Å². The number of aromatic nitrogens is 3. The monoisotopic (exact) mass is 434 g/mol. The largest absolute Gasteiger partial charge is 0.490 e. The molecule has 0 saturated heterocycles. The molecule has 164 valence electrons. The SMILES string of the molecule is Cc1n[nH]c2ccc(-c3cncc(OC[C@@H](N)Cc4ccccc4-c4ccccc4)c3)cc12. The van der Waals surface area contributed by atoms with Crippen molar-refractivity contribution in [2.45, 2.75) is 19.4 Å². The standard InChI is InChI=1S/C28H26N4O/c1-19-27-15-21(11-12-28(27)32-31-19)23-14-25(17-30-16-23)33-18-24(29)13-22-9-5-6-10-26(22)20-7-3-2-4-8-20/h2-12,14-17,24H,13,18,29H2,1H3,(H,31,32)/t24-/m0/s1. The van der Waals surface area contributed by atoms with Gasteiger partial charge in [-0.2, -0.15) is 5.10 Å². The highest BCUT2D eigenvalue weighted by Gasteiger charge is 2.11. The van der Waals surface area contributed by atoms with Crippen molar-refractivity contribution in [2.24, 2.45) is 5.73 Å².